The molecule has 1 aliphatic rings. The van der Waals surface area contributed by atoms with E-state index in [1.54, 1.807) is 4.90 Å². The summed E-state index contributed by atoms with van der Waals surface area (Å²) in [6.45, 7) is 1.02. The van der Waals surface area contributed by atoms with Crippen molar-refractivity contribution in [3.63, 3.8) is 0 Å². The monoisotopic (exact) mass is 282 g/mol. The van der Waals surface area contributed by atoms with E-state index in [-0.39, 0.29) is 23.1 Å². The summed E-state index contributed by atoms with van der Waals surface area (Å²) in [6, 6.07) is 3.35. The summed E-state index contributed by atoms with van der Waals surface area (Å²) in [5.41, 5.74) is 5.58. The van der Waals surface area contributed by atoms with Crippen molar-refractivity contribution >= 4 is 23.1 Å². The summed E-state index contributed by atoms with van der Waals surface area (Å²) in [5, 5.41) is 9.62. The molecule has 1 fully saturated rings. The molecule has 1 aromatic rings. The zero-order valence-electron chi connectivity index (χ0n) is 10.3. The molecule has 0 aliphatic carbocycles. The number of carbonyl (C=O) groups excluding carboxylic acids is 1. The molecule has 0 unspecified atom stereocenters. The summed E-state index contributed by atoms with van der Waals surface area (Å²) >= 11 is 4.94. The van der Waals surface area contributed by atoms with Crippen molar-refractivity contribution in [2.24, 2.45) is 11.7 Å². The third-order valence-corrected chi connectivity index (χ3v) is 3.71. The van der Waals surface area contributed by atoms with Crippen LogP contribution in [0.1, 0.15) is 23.2 Å². The third kappa shape index (κ3) is 3.01. The number of carbonyl (C=O) groups is 1. The predicted octanol–water partition coefficient (Wildman–Crippen LogP) is 1.67. The van der Waals surface area contributed by atoms with Crippen LogP contribution < -0.4 is 5.73 Å². The molecule has 0 saturated carbocycles. The third-order valence-electron chi connectivity index (χ3n) is 3.37. The van der Waals surface area contributed by atoms with Crippen LogP contribution >= 0.6 is 12.2 Å². The lowest BCUT2D eigenvalue weighted by atomic mass is 9.96. The molecule has 1 aliphatic heterocycles. The van der Waals surface area contributed by atoms with Crippen molar-refractivity contribution < 1.29 is 14.3 Å². The largest absolute Gasteiger partial charge is 0.507 e. The molecule has 0 spiro atoms. The van der Waals surface area contributed by atoms with E-state index in [0.29, 0.717) is 30.9 Å². The number of piperidine rings is 1. The zero-order chi connectivity index (χ0) is 14.0. The maximum Gasteiger partial charge on any atom is 0.257 e. The van der Waals surface area contributed by atoms with E-state index >= 15 is 0 Å². The second kappa shape index (κ2) is 5.52. The molecule has 0 aromatic heterocycles. The molecule has 1 saturated heterocycles. The Morgan fingerprint density at radius 1 is 1.42 bits per heavy atom. The minimum atomic E-state index is -0.542. The summed E-state index contributed by atoms with van der Waals surface area (Å²) in [7, 11) is 0. The standard InChI is InChI=1S/C13H15FN2O2S/c14-9-1-2-11(17)10(7-9)13(18)16-5-3-8(4-6-16)12(15)19/h1-2,7-8,17H,3-6H2,(H2,15,19). The van der Waals surface area contributed by atoms with Crippen molar-refractivity contribution in [1.29, 1.82) is 0 Å². The lowest BCUT2D eigenvalue weighted by molar-refractivity contribution is 0.0707. The van der Waals surface area contributed by atoms with Crippen molar-refractivity contribution in [3.05, 3.63) is 29.6 Å². The van der Waals surface area contributed by atoms with Gasteiger partial charge in [0.1, 0.15) is 11.6 Å². The highest BCUT2D eigenvalue weighted by Crippen LogP contribution is 2.23. The molecular weight excluding hydrogens is 267 g/mol. The maximum absolute atomic E-state index is 13.1. The van der Waals surface area contributed by atoms with Gasteiger partial charge < -0.3 is 15.7 Å². The van der Waals surface area contributed by atoms with Crippen molar-refractivity contribution in [1.82, 2.24) is 4.90 Å². The quantitative estimate of drug-likeness (QED) is 0.810. The minimum Gasteiger partial charge on any atom is -0.507 e. The van der Waals surface area contributed by atoms with Gasteiger partial charge in [0.2, 0.25) is 0 Å². The number of likely N-dealkylation sites (tertiary alicyclic amines) is 1. The van der Waals surface area contributed by atoms with E-state index in [0.717, 1.165) is 12.1 Å². The van der Waals surface area contributed by atoms with Gasteiger partial charge >= 0.3 is 0 Å². The molecule has 0 bridgehead atoms. The number of phenolic OH excluding ortho intramolecular Hbond substituents is 1. The van der Waals surface area contributed by atoms with Gasteiger partial charge in [0.15, 0.2) is 0 Å². The number of aromatic hydroxyl groups is 1. The lowest BCUT2D eigenvalue weighted by Gasteiger charge is -2.31. The van der Waals surface area contributed by atoms with Gasteiger partial charge in [-0.15, -0.1) is 0 Å². The number of rotatable bonds is 2. The summed E-state index contributed by atoms with van der Waals surface area (Å²) in [6.07, 6.45) is 1.41. The predicted molar refractivity (Wildman–Crippen MR) is 73.5 cm³/mol. The summed E-state index contributed by atoms with van der Waals surface area (Å²) in [5.74, 6) is -0.958. The van der Waals surface area contributed by atoms with Crippen molar-refractivity contribution in [2.75, 3.05) is 13.1 Å². The first kappa shape index (κ1) is 13.7. The average molecular weight is 282 g/mol. The van der Waals surface area contributed by atoms with Crippen LogP contribution in [0.2, 0.25) is 0 Å². The minimum absolute atomic E-state index is 0.00576. The Balaban J connectivity index is 2.09. The Kier molecular flexibility index (Phi) is 3.99. The highest BCUT2D eigenvalue weighted by atomic mass is 32.1. The van der Waals surface area contributed by atoms with E-state index in [2.05, 4.69) is 0 Å². The highest BCUT2D eigenvalue weighted by molar-refractivity contribution is 7.80. The number of nitrogens with zero attached hydrogens (tertiary/aromatic N) is 1. The average Bonchev–Trinajstić information content (AvgIpc) is 2.41. The molecular formula is C13H15FN2O2S. The number of phenols is 1. The van der Waals surface area contributed by atoms with E-state index in [9.17, 15) is 14.3 Å². The van der Waals surface area contributed by atoms with Crippen molar-refractivity contribution in [3.8, 4) is 5.75 Å². The van der Waals surface area contributed by atoms with Gasteiger partial charge in [-0.25, -0.2) is 4.39 Å². The van der Waals surface area contributed by atoms with Crippen LogP contribution in [-0.4, -0.2) is 34.0 Å². The van der Waals surface area contributed by atoms with Crippen LogP contribution in [0.5, 0.6) is 5.75 Å². The normalized spacial score (nSPS) is 16.4. The number of thiocarbonyl (C=S) groups is 1. The van der Waals surface area contributed by atoms with Crippen LogP contribution in [0.4, 0.5) is 4.39 Å². The lowest BCUT2D eigenvalue weighted by Crippen LogP contribution is -2.41. The second-order valence-corrected chi connectivity index (χ2v) is 5.10. The molecule has 1 aromatic carbocycles. The molecule has 0 radical (unpaired) electrons. The molecule has 1 heterocycles. The van der Waals surface area contributed by atoms with Crippen LogP contribution in [0.15, 0.2) is 18.2 Å². The molecule has 0 atom stereocenters. The number of halogens is 1. The topological polar surface area (TPSA) is 66.6 Å². The van der Waals surface area contributed by atoms with Gasteiger partial charge in [-0.3, -0.25) is 4.79 Å². The van der Waals surface area contributed by atoms with Gasteiger partial charge in [-0.1, -0.05) is 12.2 Å². The zero-order valence-corrected chi connectivity index (χ0v) is 11.1. The van der Waals surface area contributed by atoms with Crippen LogP contribution in [0.25, 0.3) is 0 Å². The second-order valence-electron chi connectivity index (χ2n) is 4.63. The number of hydrogen-bond donors (Lipinski definition) is 2. The number of hydrogen-bond acceptors (Lipinski definition) is 3. The van der Waals surface area contributed by atoms with Crippen LogP contribution in [0, 0.1) is 11.7 Å². The Hall–Kier alpha value is -1.69. The van der Waals surface area contributed by atoms with Gasteiger partial charge in [-0.2, -0.15) is 0 Å². The van der Waals surface area contributed by atoms with Crippen molar-refractivity contribution in [2.45, 2.75) is 12.8 Å². The Morgan fingerprint density at radius 3 is 2.63 bits per heavy atom. The smallest absolute Gasteiger partial charge is 0.257 e. The van der Waals surface area contributed by atoms with Crippen LogP contribution in [0.3, 0.4) is 0 Å². The fourth-order valence-electron chi connectivity index (χ4n) is 2.22. The SMILES string of the molecule is NC(=S)C1CCN(C(=O)c2cc(F)ccc2O)CC1. The van der Waals surface area contributed by atoms with E-state index in [1.165, 1.54) is 6.07 Å². The fraction of sp³-hybridized carbons (Fsp3) is 0.385. The molecule has 19 heavy (non-hydrogen) atoms. The van der Waals surface area contributed by atoms with Crippen LogP contribution in [-0.2, 0) is 0 Å². The molecule has 3 N–H and O–H groups in total. The Bertz CT molecular complexity index is 513. The molecule has 6 heteroatoms. The Morgan fingerprint density at radius 2 is 2.05 bits per heavy atom. The number of nitrogens with two attached hydrogens (primary N) is 1. The molecule has 4 nitrogen and oxygen atoms in total. The maximum atomic E-state index is 13.1. The first-order valence-corrected chi connectivity index (χ1v) is 6.47. The summed E-state index contributed by atoms with van der Waals surface area (Å²) < 4.78 is 13.1. The number of amides is 1. The fourth-order valence-corrected chi connectivity index (χ4v) is 2.45. The first-order chi connectivity index (χ1) is 8.99. The van der Waals surface area contributed by atoms with Gasteiger partial charge in [0.25, 0.3) is 5.91 Å². The van der Waals surface area contributed by atoms with E-state index in [4.69, 9.17) is 18.0 Å². The summed E-state index contributed by atoms with van der Waals surface area (Å²) in [4.78, 5) is 14.2. The van der Waals surface area contributed by atoms with Gasteiger partial charge in [0.05, 0.1) is 10.6 Å². The number of benzene rings is 1. The Labute approximate surface area is 116 Å². The molecule has 2 rings (SSSR count). The van der Waals surface area contributed by atoms with Gasteiger partial charge in [-0.05, 0) is 31.0 Å². The molecule has 1 amide bonds. The van der Waals surface area contributed by atoms with Gasteiger partial charge in [0, 0.05) is 19.0 Å². The first-order valence-electron chi connectivity index (χ1n) is 6.06. The van der Waals surface area contributed by atoms with E-state index in [1.807, 2.05) is 0 Å². The highest BCUT2D eigenvalue weighted by Gasteiger charge is 2.26. The molecule has 102 valence electrons. The van der Waals surface area contributed by atoms with E-state index < -0.39 is 5.82 Å².